The first-order valence-corrected chi connectivity index (χ1v) is 12.3. The van der Waals surface area contributed by atoms with Crippen molar-refractivity contribution in [3.63, 3.8) is 0 Å². The summed E-state index contributed by atoms with van der Waals surface area (Å²) in [6.07, 6.45) is 5.79. The molecule has 0 unspecified atom stereocenters. The zero-order valence-corrected chi connectivity index (χ0v) is 19.4. The largest absolute Gasteiger partial charge is 0.481 e. The number of hydrogen-bond acceptors (Lipinski definition) is 2. The lowest BCUT2D eigenvalue weighted by atomic mass is 9.77. The molecule has 1 N–H and O–H groups in total. The van der Waals surface area contributed by atoms with Crippen molar-refractivity contribution < 1.29 is 23.1 Å². The molecule has 3 rings (SSSR count). The van der Waals surface area contributed by atoms with Crippen LogP contribution in [0.25, 0.3) is 0 Å². The fraction of sp³-hybridized carbons (Fsp3) is 0.731. The van der Waals surface area contributed by atoms with Crippen LogP contribution in [0, 0.1) is 17.8 Å². The Bertz CT molecular complexity index is 726. The van der Waals surface area contributed by atoms with Crippen molar-refractivity contribution in [2.24, 2.45) is 17.8 Å². The molecule has 1 saturated carbocycles. The van der Waals surface area contributed by atoms with Gasteiger partial charge in [-0.15, -0.1) is 0 Å². The monoisotopic (exact) mass is 453 g/mol. The summed E-state index contributed by atoms with van der Waals surface area (Å²) in [7, 11) is 0. The lowest BCUT2D eigenvalue weighted by Gasteiger charge is -2.47. The van der Waals surface area contributed by atoms with Gasteiger partial charge >= 0.3 is 12.1 Å². The molecule has 2 aliphatic rings. The molecule has 180 valence electrons. The van der Waals surface area contributed by atoms with E-state index in [4.69, 9.17) is 0 Å². The van der Waals surface area contributed by atoms with E-state index >= 15 is 0 Å². The first-order valence-electron chi connectivity index (χ1n) is 12.3. The van der Waals surface area contributed by atoms with Crippen molar-refractivity contribution in [3.05, 3.63) is 35.4 Å². The van der Waals surface area contributed by atoms with E-state index in [-0.39, 0.29) is 18.4 Å². The minimum Gasteiger partial charge on any atom is -0.481 e. The van der Waals surface area contributed by atoms with Crippen LogP contribution in [-0.4, -0.2) is 28.6 Å². The van der Waals surface area contributed by atoms with E-state index in [0.717, 1.165) is 31.4 Å². The smallest absolute Gasteiger partial charge is 0.416 e. The quantitative estimate of drug-likeness (QED) is 0.448. The number of carboxylic acids is 1. The number of likely N-dealkylation sites (tertiary alicyclic amines) is 1. The SMILES string of the molecule is CC(C)CC[C@H](C1CCCCC1)N1CC[C@@H](CC(=O)O)C[C@H]1c1ccc(C(F)(F)F)cc1. The number of carboxylic acid groups (broad SMARTS) is 1. The molecule has 1 aliphatic carbocycles. The van der Waals surface area contributed by atoms with Gasteiger partial charge in [0.05, 0.1) is 5.56 Å². The van der Waals surface area contributed by atoms with Gasteiger partial charge in [0, 0.05) is 18.5 Å². The second kappa shape index (κ2) is 11.0. The van der Waals surface area contributed by atoms with Gasteiger partial charge in [-0.1, -0.05) is 45.2 Å². The zero-order valence-electron chi connectivity index (χ0n) is 19.4. The topological polar surface area (TPSA) is 40.5 Å². The molecule has 0 spiro atoms. The summed E-state index contributed by atoms with van der Waals surface area (Å²) in [5, 5.41) is 9.33. The second-order valence-electron chi connectivity index (χ2n) is 10.3. The molecule has 2 fully saturated rings. The third-order valence-corrected chi connectivity index (χ3v) is 7.50. The van der Waals surface area contributed by atoms with Gasteiger partial charge < -0.3 is 5.11 Å². The lowest BCUT2D eigenvalue weighted by Crippen LogP contribution is -2.47. The van der Waals surface area contributed by atoms with E-state index in [0.29, 0.717) is 24.3 Å². The molecule has 0 radical (unpaired) electrons. The molecule has 1 aliphatic heterocycles. The van der Waals surface area contributed by atoms with E-state index in [1.165, 1.54) is 44.2 Å². The predicted octanol–water partition coefficient (Wildman–Crippen LogP) is 7.32. The van der Waals surface area contributed by atoms with Crippen LogP contribution in [0.4, 0.5) is 13.2 Å². The Hall–Kier alpha value is -1.56. The molecule has 32 heavy (non-hydrogen) atoms. The minimum atomic E-state index is -4.35. The average molecular weight is 454 g/mol. The molecule has 6 heteroatoms. The molecule has 0 amide bonds. The van der Waals surface area contributed by atoms with Crippen LogP contribution in [0.2, 0.25) is 0 Å². The van der Waals surface area contributed by atoms with Gasteiger partial charge in [-0.25, -0.2) is 0 Å². The predicted molar refractivity (Wildman–Crippen MR) is 120 cm³/mol. The van der Waals surface area contributed by atoms with E-state index in [1.807, 2.05) is 0 Å². The first-order chi connectivity index (χ1) is 15.1. The molecular formula is C26H38F3NO2. The van der Waals surface area contributed by atoms with Crippen molar-refractivity contribution >= 4 is 5.97 Å². The van der Waals surface area contributed by atoms with Crippen LogP contribution in [0.5, 0.6) is 0 Å². The Kier molecular flexibility index (Phi) is 8.65. The normalized spacial score (nSPS) is 24.6. The van der Waals surface area contributed by atoms with Gasteiger partial charge in [0.2, 0.25) is 0 Å². The summed E-state index contributed by atoms with van der Waals surface area (Å²) >= 11 is 0. The molecule has 1 aromatic rings. The van der Waals surface area contributed by atoms with Crippen LogP contribution in [0.1, 0.15) is 95.2 Å². The molecule has 3 atom stereocenters. The van der Waals surface area contributed by atoms with Gasteiger partial charge in [0.1, 0.15) is 0 Å². The highest BCUT2D eigenvalue weighted by molar-refractivity contribution is 5.67. The highest BCUT2D eigenvalue weighted by atomic mass is 19.4. The van der Waals surface area contributed by atoms with Crippen LogP contribution >= 0.6 is 0 Å². The number of carbonyl (C=O) groups is 1. The summed E-state index contributed by atoms with van der Waals surface area (Å²) in [6.45, 7) is 5.30. The highest BCUT2D eigenvalue weighted by Gasteiger charge is 2.38. The molecule has 0 aromatic heterocycles. The van der Waals surface area contributed by atoms with E-state index in [2.05, 4.69) is 18.7 Å². The number of benzene rings is 1. The molecule has 1 heterocycles. The Morgan fingerprint density at radius 3 is 2.28 bits per heavy atom. The lowest BCUT2D eigenvalue weighted by molar-refractivity contribution is -0.139. The van der Waals surface area contributed by atoms with Crippen LogP contribution in [-0.2, 0) is 11.0 Å². The second-order valence-corrected chi connectivity index (χ2v) is 10.3. The molecule has 1 aromatic carbocycles. The number of halogens is 3. The maximum absolute atomic E-state index is 13.1. The van der Waals surface area contributed by atoms with Crippen LogP contribution in [0.15, 0.2) is 24.3 Å². The number of aliphatic carboxylic acids is 1. The molecular weight excluding hydrogens is 415 g/mol. The van der Waals surface area contributed by atoms with Crippen LogP contribution in [0.3, 0.4) is 0 Å². The summed E-state index contributed by atoms with van der Waals surface area (Å²) in [6, 6.07) is 5.98. The number of piperidine rings is 1. The Morgan fingerprint density at radius 1 is 1.06 bits per heavy atom. The Labute approximate surface area is 190 Å². The van der Waals surface area contributed by atoms with Gasteiger partial charge in [0.25, 0.3) is 0 Å². The molecule has 1 saturated heterocycles. The highest BCUT2D eigenvalue weighted by Crippen LogP contribution is 2.42. The summed E-state index contributed by atoms with van der Waals surface area (Å²) in [5.74, 6) is 0.497. The van der Waals surface area contributed by atoms with Crippen molar-refractivity contribution in [1.29, 1.82) is 0 Å². The van der Waals surface area contributed by atoms with E-state index in [9.17, 15) is 23.1 Å². The number of nitrogens with zero attached hydrogens (tertiary/aromatic N) is 1. The molecule has 0 bridgehead atoms. The van der Waals surface area contributed by atoms with E-state index in [1.54, 1.807) is 12.1 Å². The van der Waals surface area contributed by atoms with Gasteiger partial charge in [0.15, 0.2) is 0 Å². The number of rotatable bonds is 8. The fourth-order valence-corrected chi connectivity index (χ4v) is 5.80. The van der Waals surface area contributed by atoms with Crippen molar-refractivity contribution in [2.75, 3.05) is 6.54 Å². The maximum atomic E-state index is 13.1. The van der Waals surface area contributed by atoms with Crippen molar-refractivity contribution in [3.8, 4) is 0 Å². The van der Waals surface area contributed by atoms with Gasteiger partial charge in [-0.2, -0.15) is 13.2 Å². The standard InChI is InChI=1S/C26H38F3NO2/c1-18(2)8-13-23(20-6-4-3-5-7-20)30-15-14-19(17-25(31)32)16-24(30)21-9-11-22(12-10-21)26(27,28)29/h9-12,18-20,23-24H,3-8,13-17H2,1-2H3,(H,31,32)/t19-,23-,24+/m1/s1. The van der Waals surface area contributed by atoms with Gasteiger partial charge in [-0.3, -0.25) is 9.69 Å². The van der Waals surface area contributed by atoms with Gasteiger partial charge in [-0.05, 0) is 80.5 Å². The summed E-state index contributed by atoms with van der Waals surface area (Å²) in [5.41, 5.74) is 0.257. The first kappa shape index (κ1) is 25.1. The average Bonchev–Trinajstić information content (AvgIpc) is 2.74. The summed E-state index contributed by atoms with van der Waals surface area (Å²) in [4.78, 5) is 13.9. The maximum Gasteiger partial charge on any atom is 0.416 e. The minimum absolute atomic E-state index is 0.0190. The molecule has 3 nitrogen and oxygen atoms in total. The number of hydrogen-bond donors (Lipinski definition) is 1. The van der Waals surface area contributed by atoms with E-state index < -0.39 is 17.7 Å². The third-order valence-electron chi connectivity index (χ3n) is 7.50. The Morgan fingerprint density at radius 2 is 1.72 bits per heavy atom. The third kappa shape index (κ3) is 6.72. The zero-order chi connectivity index (χ0) is 23.3. The van der Waals surface area contributed by atoms with Crippen LogP contribution < -0.4 is 0 Å². The summed E-state index contributed by atoms with van der Waals surface area (Å²) < 4.78 is 39.3. The fourth-order valence-electron chi connectivity index (χ4n) is 5.80. The Balaban J connectivity index is 1.89. The van der Waals surface area contributed by atoms with Crippen molar-refractivity contribution in [1.82, 2.24) is 4.90 Å². The number of alkyl halides is 3. The van der Waals surface area contributed by atoms with Crippen molar-refractivity contribution in [2.45, 2.75) is 96.3 Å².